The predicted molar refractivity (Wildman–Crippen MR) is 98.6 cm³/mol. The van der Waals surface area contributed by atoms with Crippen molar-refractivity contribution < 1.29 is 27.8 Å². The van der Waals surface area contributed by atoms with Crippen LogP contribution in [0.1, 0.15) is 34.3 Å². The third-order valence-electron chi connectivity index (χ3n) is 3.95. The number of methoxy groups -OCH3 is 1. The topological polar surface area (TPSA) is 57.5 Å². The molecule has 2 heterocycles. The van der Waals surface area contributed by atoms with Crippen LogP contribution in [0, 0.1) is 6.92 Å². The molecule has 0 saturated heterocycles. The quantitative estimate of drug-likeness (QED) is 0.550. The summed E-state index contributed by atoms with van der Waals surface area (Å²) in [6.07, 6.45) is -2.66. The number of ether oxygens (including phenoxy) is 2. The summed E-state index contributed by atoms with van der Waals surface area (Å²) in [5, 5.41) is 2.07. The highest BCUT2D eigenvalue weighted by Gasteiger charge is 2.25. The number of hydrogen-bond acceptors (Lipinski definition) is 5. The van der Waals surface area contributed by atoms with Gasteiger partial charge >= 0.3 is 5.97 Å². The van der Waals surface area contributed by atoms with E-state index >= 15 is 0 Å². The Bertz CT molecular complexity index is 1060. The second kappa shape index (κ2) is 7.28. The van der Waals surface area contributed by atoms with Gasteiger partial charge in [0.2, 0.25) is 0 Å². The SMILES string of the molecule is COc1cc2c(OC(C)=O)c(C)n(C(=O)c3csc(C(F)F)c3)c2cc1Cl. The summed E-state index contributed by atoms with van der Waals surface area (Å²) < 4.78 is 37.5. The first-order valence-corrected chi connectivity index (χ1v) is 8.98. The van der Waals surface area contributed by atoms with Crippen molar-refractivity contribution in [2.75, 3.05) is 7.11 Å². The lowest BCUT2D eigenvalue weighted by Crippen LogP contribution is -2.13. The third-order valence-corrected chi connectivity index (χ3v) is 5.19. The van der Waals surface area contributed by atoms with Crippen molar-refractivity contribution in [1.82, 2.24) is 4.57 Å². The average Bonchev–Trinajstić information content (AvgIpc) is 3.18. The van der Waals surface area contributed by atoms with Crippen LogP contribution in [0.15, 0.2) is 23.6 Å². The first-order chi connectivity index (χ1) is 12.7. The third kappa shape index (κ3) is 3.42. The second-order valence-electron chi connectivity index (χ2n) is 5.69. The number of carbonyl (C=O) groups excluding carboxylic acids is 2. The van der Waals surface area contributed by atoms with Crippen molar-refractivity contribution in [3.05, 3.63) is 44.7 Å². The molecule has 0 radical (unpaired) electrons. The Kier molecular flexibility index (Phi) is 5.21. The van der Waals surface area contributed by atoms with Crippen LogP contribution in [0.3, 0.4) is 0 Å². The molecule has 3 aromatic rings. The van der Waals surface area contributed by atoms with E-state index < -0.39 is 18.3 Å². The van der Waals surface area contributed by atoms with Crippen LogP contribution >= 0.6 is 22.9 Å². The zero-order valence-electron chi connectivity index (χ0n) is 14.5. The fourth-order valence-electron chi connectivity index (χ4n) is 2.79. The summed E-state index contributed by atoms with van der Waals surface area (Å²) >= 11 is 6.99. The first-order valence-electron chi connectivity index (χ1n) is 7.72. The average molecular weight is 414 g/mol. The Morgan fingerprint density at radius 1 is 1.26 bits per heavy atom. The maximum Gasteiger partial charge on any atom is 0.308 e. The van der Waals surface area contributed by atoms with E-state index in [-0.39, 0.29) is 21.2 Å². The lowest BCUT2D eigenvalue weighted by molar-refractivity contribution is -0.131. The molecule has 0 aliphatic carbocycles. The number of aromatic nitrogens is 1. The monoisotopic (exact) mass is 413 g/mol. The molecule has 0 N–H and O–H groups in total. The second-order valence-corrected chi connectivity index (χ2v) is 7.04. The van der Waals surface area contributed by atoms with Gasteiger partial charge in [0.1, 0.15) is 5.75 Å². The standard InChI is InChI=1S/C18H14ClF2NO4S/c1-8-16(26-9(2)23)11-5-14(25-3)12(19)6-13(11)22(8)18(24)10-4-15(17(20)21)27-7-10/h4-7,17H,1-3H3. The zero-order chi connectivity index (χ0) is 19.9. The molecule has 0 spiro atoms. The lowest BCUT2D eigenvalue weighted by atomic mass is 10.2. The molecule has 3 rings (SSSR count). The Labute approximate surface area is 162 Å². The Hall–Kier alpha value is -2.45. The summed E-state index contributed by atoms with van der Waals surface area (Å²) in [6.45, 7) is 2.84. The molecule has 0 atom stereocenters. The summed E-state index contributed by atoms with van der Waals surface area (Å²) in [5.74, 6) is -0.558. The number of carbonyl (C=O) groups is 2. The predicted octanol–water partition coefficient (Wildman–Crippen LogP) is 5.22. The molecule has 0 saturated carbocycles. The number of alkyl halides is 2. The number of esters is 1. The van der Waals surface area contributed by atoms with Gasteiger partial charge in [-0.25, -0.2) is 8.78 Å². The number of thiophene rings is 1. The van der Waals surface area contributed by atoms with Gasteiger partial charge in [0, 0.05) is 17.7 Å². The van der Waals surface area contributed by atoms with Crippen LogP contribution in [-0.4, -0.2) is 23.6 Å². The van der Waals surface area contributed by atoms with Crippen LogP contribution in [-0.2, 0) is 4.79 Å². The van der Waals surface area contributed by atoms with E-state index in [4.69, 9.17) is 21.1 Å². The van der Waals surface area contributed by atoms with E-state index in [1.54, 1.807) is 13.0 Å². The number of nitrogens with zero attached hydrogens (tertiary/aromatic N) is 1. The van der Waals surface area contributed by atoms with E-state index in [1.165, 1.54) is 30.0 Å². The smallest absolute Gasteiger partial charge is 0.308 e. The minimum Gasteiger partial charge on any atom is -0.495 e. The normalized spacial score (nSPS) is 11.2. The number of rotatable bonds is 4. The molecule has 27 heavy (non-hydrogen) atoms. The molecule has 142 valence electrons. The maximum atomic E-state index is 13.0. The lowest BCUT2D eigenvalue weighted by Gasteiger charge is -2.07. The summed E-state index contributed by atoms with van der Waals surface area (Å²) in [7, 11) is 1.44. The van der Waals surface area contributed by atoms with E-state index in [9.17, 15) is 18.4 Å². The molecule has 0 aliphatic rings. The van der Waals surface area contributed by atoms with Crippen molar-refractivity contribution >= 4 is 45.7 Å². The molecule has 1 aromatic carbocycles. The maximum absolute atomic E-state index is 13.0. The van der Waals surface area contributed by atoms with Gasteiger partial charge < -0.3 is 9.47 Å². The first kappa shape index (κ1) is 19.3. The number of halogens is 3. The largest absolute Gasteiger partial charge is 0.495 e. The fraction of sp³-hybridized carbons (Fsp3) is 0.222. The van der Waals surface area contributed by atoms with E-state index in [0.717, 1.165) is 17.4 Å². The van der Waals surface area contributed by atoms with Gasteiger partial charge in [-0.15, -0.1) is 11.3 Å². The molecule has 9 heteroatoms. The molecule has 0 bridgehead atoms. The molecule has 0 amide bonds. The number of benzene rings is 1. The van der Waals surface area contributed by atoms with Gasteiger partial charge in [0.15, 0.2) is 5.75 Å². The fourth-order valence-corrected chi connectivity index (χ4v) is 3.75. The van der Waals surface area contributed by atoms with Crippen LogP contribution < -0.4 is 9.47 Å². The molecular weight excluding hydrogens is 400 g/mol. The van der Waals surface area contributed by atoms with Crippen molar-refractivity contribution in [2.24, 2.45) is 0 Å². The Balaban J connectivity index is 2.24. The summed E-state index contributed by atoms with van der Waals surface area (Å²) in [5.41, 5.74) is 0.834. The number of fused-ring (bicyclic) bond motifs is 1. The molecule has 2 aromatic heterocycles. The van der Waals surface area contributed by atoms with Gasteiger partial charge in [-0.3, -0.25) is 14.2 Å². The summed E-state index contributed by atoms with van der Waals surface area (Å²) in [4.78, 5) is 24.3. The highest BCUT2D eigenvalue weighted by molar-refractivity contribution is 7.10. The molecule has 5 nitrogen and oxygen atoms in total. The highest BCUT2D eigenvalue weighted by Crippen LogP contribution is 2.39. The van der Waals surface area contributed by atoms with Gasteiger partial charge in [-0.1, -0.05) is 11.6 Å². The minimum absolute atomic E-state index is 0.108. The van der Waals surface area contributed by atoms with Gasteiger partial charge in [-0.2, -0.15) is 0 Å². The molecular formula is C18H14ClF2NO4S. The molecule has 0 unspecified atom stereocenters. The van der Waals surface area contributed by atoms with E-state index in [0.29, 0.717) is 22.3 Å². The zero-order valence-corrected chi connectivity index (χ0v) is 16.1. The van der Waals surface area contributed by atoms with Gasteiger partial charge in [0.05, 0.1) is 33.8 Å². The van der Waals surface area contributed by atoms with Gasteiger partial charge in [0.25, 0.3) is 12.3 Å². The summed E-state index contributed by atoms with van der Waals surface area (Å²) in [6, 6.07) is 4.22. The van der Waals surface area contributed by atoms with Crippen LogP contribution in [0.25, 0.3) is 10.9 Å². The van der Waals surface area contributed by atoms with E-state index in [1.807, 2.05) is 0 Å². The van der Waals surface area contributed by atoms with Crippen molar-refractivity contribution in [3.63, 3.8) is 0 Å². The Morgan fingerprint density at radius 3 is 2.52 bits per heavy atom. The minimum atomic E-state index is -2.66. The van der Waals surface area contributed by atoms with Crippen LogP contribution in [0.2, 0.25) is 5.02 Å². The highest BCUT2D eigenvalue weighted by atomic mass is 35.5. The number of hydrogen-bond donors (Lipinski definition) is 0. The van der Waals surface area contributed by atoms with Crippen LogP contribution in [0.5, 0.6) is 11.5 Å². The van der Waals surface area contributed by atoms with Crippen molar-refractivity contribution in [1.29, 1.82) is 0 Å². The van der Waals surface area contributed by atoms with Crippen LogP contribution in [0.4, 0.5) is 8.78 Å². The van der Waals surface area contributed by atoms with Crippen molar-refractivity contribution in [2.45, 2.75) is 20.3 Å². The van der Waals surface area contributed by atoms with Gasteiger partial charge in [-0.05, 0) is 25.1 Å². The molecule has 0 fully saturated rings. The molecule has 0 aliphatic heterocycles. The Morgan fingerprint density at radius 2 is 1.96 bits per heavy atom. The van der Waals surface area contributed by atoms with Crippen molar-refractivity contribution in [3.8, 4) is 11.5 Å². The van der Waals surface area contributed by atoms with E-state index in [2.05, 4.69) is 0 Å².